The number of benzene rings is 1. The third-order valence-electron chi connectivity index (χ3n) is 3.22. The molecule has 0 atom stereocenters. The zero-order chi connectivity index (χ0) is 15.9. The van der Waals surface area contributed by atoms with E-state index in [2.05, 4.69) is 9.71 Å². The molecule has 2 heterocycles. The Morgan fingerprint density at radius 3 is 2.82 bits per heavy atom. The molecule has 1 aromatic carbocycles. The van der Waals surface area contributed by atoms with Crippen molar-refractivity contribution in [3.8, 4) is 0 Å². The number of rotatable bonds is 3. The summed E-state index contributed by atoms with van der Waals surface area (Å²) >= 11 is 0. The van der Waals surface area contributed by atoms with Gasteiger partial charge in [-0.1, -0.05) is 6.07 Å². The van der Waals surface area contributed by atoms with Crippen LogP contribution in [0.25, 0.3) is 0 Å². The third-order valence-corrected chi connectivity index (χ3v) is 4.57. The van der Waals surface area contributed by atoms with Crippen molar-refractivity contribution >= 4 is 39.7 Å². The van der Waals surface area contributed by atoms with Crippen molar-refractivity contribution in [2.75, 3.05) is 16.2 Å². The SMILES string of the molecule is Nc1cnc(S(=O)(=O)Nc2ccc3c(c2)B(O)OC3)c(N)c1. The smallest absolute Gasteiger partial charge is 0.423 e. The van der Waals surface area contributed by atoms with E-state index in [-0.39, 0.29) is 28.7 Å². The average Bonchev–Trinajstić information content (AvgIpc) is 2.79. The highest BCUT2D eigenvalue weighted by Crippen LogP contribution is 2.22. The number of hydrogen-bond donors (Lipinski definition) is 4. The molecule has 1 aliphatic rings. The lowest BCUT2D eigenvalue weighted by molar-refractivity contribution is 0.275. The third kappa shape index (κ3) is 2.59. The van der Waals surface area contributed by atoms with E-state index >= 15 is 0 Å². The van der Waals surface area contributed by atoms with Gasteiger partial charge in [0.2, 0.25) is 0 Å². The van der Waals surface area contributed by atoms with Gasteiger partial charge in [0.1, 0.15) is 0 Å². The Bertz CT molecular complexity index is 843. The largest absolute Gasteiger partial charge is 0.491 e. The molecule has 8 nitrogen and oxygen atoms in total. The van der Waals surface area contributed by atoms with Crippen LogP contribution >= 0.6 is 0 Å². The molecular weight excluding hydrogens is 307 g/mol. The van der Waals surface area contributed by atoms with Gasteiger partial charge in [0.25, 0.3) is 10.0 Å². The highest BCUT2D eigenvalue weighted by Gasteiger charge is 2.28. The molecule has 0 aliphatic carbocycles. The minimum Gasteiger partial charge on any atom is -0.423 e. The topological polar surface area (TPSA) is 141 Å². The maximum Gasteiger partial charge on any atom is 0.491 e. The molecule has 0 saturated heterocycles. The Balaban J connectivity index is 1.93. The van der Waals surface area contributed by atoms with Gasteiger partial charge < -0.3 is 21.1 Å². The van der Waals surface area contributed by atoms with Crippen LogP contribution in [-0.4, -0.2) is 25.5 Å². The molecule has 0 saturated carbocycles. The first-order valence-electron chi connectivity index (χ1n) is 6.33. The summed E-state index contributed by atoms with van der Waals surface area (Å²) in [6.07, 6.45) is 1.21. The zero-order valence-corrected chi connectivity index (χ0v) is 12.2. The molecule has 1 aliphatic heterocycles. The lowest BCUT2D eigenvalue weighted by Crippen LogP contribution is -2.28. The molecule has 10 heteroatoms. The van der Waals surface area contributed by atoms with Gasteiger partial charge in [-0.15, -0.1) is 0 Å². The summed E-state index contributed by atoms with van der Waals surface area (Å²) in [4.78, 5) is 3.76. The van der Waals surface area contributed by atoms with Crippen LogP contribution in [0, 0.1) is 0 Å². The van der Waals surface area contributed by atoms with Gasteiger partial charge in [-0.3, -0.25) is 4.72 Å². The first-order valence-corrected chi connectivity index (χ1v) is 7.81. The summed E-state index contributed by atoms with van der Waals surface area (Å²) in [5.74, 6) is 0. The van der Waals surface area contributed by atoms with Gasteiger partial charge in [-0.2, -0.15) is 8.42 Å². The van der Waals surface area contributed by atoms with Crippen molar-refractivity contribution in [3.63, 3.8) is 0 Å². The van der Waals surface area contributed by atoms with Crippen molar-refractivity contribution in [1.29, 1.82) is 0 Å². The van der Waals surface area contributed by atoms with Crippen LogP contribution in [0.5, 0.6) is 0 Å². The Kier molecular flexibility index (Phi) is 3.43. The van der Waals surface area contributed by atoms with Crippen molar-refractivity contribution in [3.05, 3.63) is 36.0 Å². The summed E-state index contributed by atoms with van der Waals surface area (Å²) in [7, 11) is -5.02. The van der Waals surface area contributed by atoms with Crippen LogP contribution in [0.3, 0.4) is 0 Å². The number of sulfonamides is 1. The van der Waals surface area contributed by atoms with Crippen molar-refractivity contribution < 1.29 is 18.1 Å². The normalized spacial score (nSPS) is 14.0. The summed E-state index contributed by atoms with van der Waals surface area (Å²) in [6.45, 7) is 0.288. The van der Waals surface area contributed by atoms with E-state index in [9.17, 15) is 13.4 Å². The molecule has 2 aromatic rings. The van der Waals surface area contributed by atoms with Crippen LogP contribution in [0.2, 0.25) is 0 Å². The second-order valence-electron chi connectivity index (χ2n) is 4.85. The van der Waals surface area contributed by atoms with Crippen LogP contribution in [0.15, 0.2) is 35.5 Å². The van der Waals surface area contributed by atoms with E-state index in [1.54, 1.807) is 12.1 Å². The molecule has 0 fully saturated rings. The molecule has 3 rings (SSSR count). The fourth-order valence-corrected chi connectivity index (χ4v) is 3.29. The van der Waals surface area contributed by atoms with Gasteiger partial charge in [0, 0.05) is 5.69 Å². The number of nitrogen functional groups attached to an aromatic ring is 2. The van der Waals surface area contributed by atoms with Gasteiger partial charge in [0.05, 0.1) is 24.2 Å². The second-order valence-corrected chi connectivity index (χ2v) is 6.44. The number of hydrogen-bond acceptors (Lipinski definition) is 7. The van der Waals surface area contributed by atoms with E-state index < -0.39 is 17.1 Å². The van der Waals surface area contributed by atoms with Crippen LogP contribution in [0.1, 0.15) is 5.56 Å². The van der Waals surface area contributed by atoms with E-state index in [0.717, 1.165) is 5.56 Å². The highest BCUT2D eigenvalue weighted by atomic mass is 32.2. The summed E-state index contributed by atoms with van der Waals surface area (Å²) < 4.78 is 32.1. The fraction of sp³-hybridized carbons (Fsp3) is 0.0833. The first kappa shape index (κ1) is 14.6. The Hall–Kier alpha value is -2.30. The Morgan fingerprint density at radius 1 is 1.32 bits per heavy atom. The van der Waals surface area contributed by atoms with Crippen molar-refractivity contribution in [1.82, 2.24) is 4.98 Å². The predicted molar refractivity (Wildman–Crippen MR) is 82.7 cm³/mol. The van der Waals surface area contributed by atoms with E-state index in [4.69, 9.17) is 16.1 Å². The molecule has 0 bridgehead atoms. The molecule has 114 valence electrons. The van der Waals surface area contributed by atoms with Gasteiger partial charge in [0.15, 0.2) is 5.03 Å². The average molecular weight is 320 g/mol. The maximum atomic E-state index is 12.3. The maximum absolute atomic E-state index is 12.3. The summed E-state index contributed by atoms with van der Waals surface area (Å²) in [5.41, 5.74) is 13.0. The van der Waals surface area contributed by atoms with E-state index in [1.807, 2.05) is 0 Å². The first-order chi connectivity index (χ1) is 10.4. The zero-order valence-electron chi connectivity index (χ0n) is 11.4. The molecule has 0 spiro atoms. The number of anilines is 3. The van der Waals surface area contributed by atoms with Crippen LogP contribution in [0.4, 0.5) is 17.1 Å². The summed E-state index contributed by atoms with van der Waals surface area (Å²) in [5, 5.41) is 9.34. The van der Waals surface area contributed by atoms with Crippen LogP contribution < -0.4 is 21.7 Å². The molecule has 6 N–H and O–H groups in total. The standard InChI is InChI=1S/C12H13BN4O4S/c14-8-3-11(15)12(16-5-8)22(19,20)17-9-2-1-7-6-21-13(18)10(7)4-9/h1-5,17-18H,6,14-15H2. The quantitative estimate of drug-likeness (QED) is 0.546. The van der Waals surface area contributed by atoms with Crippen molar-refractivity contribution in [2.45, 2.75) is 11.6 Å². The molecule has 0 amide bonds. The number of nitrogens with one attached hydrogen (secondary N) is 1. The number of nitrogens with two attached hydrogens (primary N) is 2. The number of pyridine rings is 1. The van der Waals surface area contributed by atoms with E-state index in [0.29, 0.717) is 5.46 Å². The van der Waals surface area contributed by atoms with Gasteiger partial charge in [-0.05, 0) is 29.2 Å². The number of fused-ring (bicyclic) bond motifs is 1. The molecular formula is C12H13BN4O4S. The second kappa shape index (κ2) is 5.16. The molecule has 0 unspecified atom stereocenters. The lowest BCUT2D eigenvalue weighted by Gasteiger charge is -2.10. The van der Waals surface area contributed by atoms with Crippen molar-refractivity contribution in [2.24, 2.45) is 0 Å². The predicted octanol–water partition coefficient (Wildman–Crippen LogP) is -0.736. The van der Waals surface area contributed by atoms with Gasteiger partial charge >= 0.3 is 7.12 Å². The Labute approximate surface area is 127 Å². The lowest BCUT2D eigenvalue weighted by atomic mass is 9.79. The molecule has 0 radical (unpaired) electrons. The molecule has 1 aromatic heterocycles. The Morgan fingerprint density at radius 2 is 2.09 bits per heavy atom. The monoisotopic (exact) mass is 320 g/mol. The van der Waals surface area contributed by atoms with Crippen LogP contribution in [-0.2, 0) is 21.3 Å². The number of nitrogens with zero attached hydrogens (tertiary/aromatic N) is 1. The van der Waals surface area contributed by atoms with Gasteiger partial charge in [-0.25, -0.2) is 4.98 Å². The highest BCUT2D eigenvalue weighted by molar-refractivity contribution is 7.92. The molecule has 22 heavy (non-hydrogen) atoms. The fourth-order valence-electron chi connectivity index (χ4n) is 2.19. The summed E-state index contributed by atoms with van der Waals surface area (Å²) in [6, 6.07) is 6.09. The minimum atomic E-state index is -3.96. The minimum absolute atomic E-state index is 0.0444. The van der Waals surface area contributed by atoms with E-state index in [1.165, 1.54) is 18.3 Å². The number of aromatic nitrogens is 1.